The maximum absolute atomic E-state index is 12.9. The SMILES string of the molecule is CNC1CCC(NC(=O)c2ccc3nn(-c4cnn5cccnc45)c(OC)c3c2)CC1.Cl. The molecule has 1 fully saturated rings. The van der Waals surface area contributed by atoms with E-state index in [4.69, 9.17) is 4.74 Å². The highest BCUT2D eigenvalue weighted by Crippen LogP contribution is 2.30. The van der Waals surface area contributed by atoms with E-state index >= 15 is 0 Å². The fourth-order valence-electron chi connectivity index (χ4n) is 4.32. The van der Waals surface area contributed by atoms with E-state index in [-0.39, 0.29) is 24.4 Å². The Balaban J connectivity index is 0.00000245. The first-order valence-electron chi connectivity index (χ1n) is 10.5. The lowest BCUT2D eigenvalue weighted by molar-refractivity contribution is 0.0925. The van der Waals surface area contributed by atoms with Crippen molar-refractivity contribution in [2.45, 2.75) is 37.8 Å². The molecular formula is C22H26ClN7O2. The Bertz CT molecular complexity index is 1240. The number of rotatable bonds is 5. The number of carbonyl (C=O) groups is 1. The summed E-state index contributed by atoms with van der Waals surface area (Å²) in [6.07, 6.45) is 9.37. The van der Waals surface area contributed by atoms with Crippen LogP contribution < -0.4 is 15.4 Å². The molecule has 9 nitrogen and oxygen atoms in total. The molecule has 0 spiro atoms. The van der Waals surface area contributed by atoms with E-state index in [2.05, 4.69) is 25.8 Å². The molecule has 0 saturated heterocycles. The van der Waals surface area contributed by atoms with Gasteiger partial charge in [-0.3, -0.25) is 4.79 Å². The van der Waals surface area contributed by atoms with E-state index in [1.165, 1.54) is 0 Å². The van der Waals surface area contributed by atoms with Gasteiger partial charge in [0.1, 0.15) is 5.69 Å². The van der Waals surface area contributed by atoms with Crippen LogP contribution in [0.1, 0.15) is 36.0 Å². The Morgan fingerprint density at radius 2 is 1.97 bits per heavy atom. The van der Waals surface area contributed by atoms with Crippen LogP contribution in [0.2, 0.25) is 0 Å². The highest BCUT2D eigenvalue weighted by atomic mass is 35.5. The summed E-state index contributed by atoms with van der Waals surface area (Å²) >= 11 is 0. The lowest BCUT2D eigenvalue weighted by Crippen LogP contribution is -2.41. The van der Waals surface area contributed by atoms with Crippen molar-refractivity contribution >= 4 is 34.9 Å². The number of nitrogens with one attached hydrogen (secondary N) is 2. The van der Waals surface area contributed by atoms with Crippen LogP contribution >= 0.6 is 12.4 Å². The van der Waals surface area contributed by atoms with Gasteiger partial charge in [-0.25, -0.2) is 9.50 Å². The van der Waals surface area contributed by atoms with Gasteiger partial charge in [-0.05, 0) is 57.0 Å². The molecule has 1 aromatic carbocycles. The van der Waals surface area contributed by atoms with Crippen molar-refractivity contribution < 1.29 is 9.53 Å². The van der Waals surface area contributed by atoms with Crippen LogP contribution in [0.4, 0.5) is 0 Å². The van der Waals surface area contributed by atoms with Crippen molar-refractivity contribution in [1.29, 1.82) is 0 Å². The highest BCUT2D eigenvalue weighted by Gasteiger charge is 2.23. The maximum atomic E-state index is 12.9. The standard InChI is InChI=1S/C22H25N7O2.ClH/c1-23-15-5-7-16(8-6-15)26-21(30)14-4-9-18-17(12-14)22(31-2)29(27-18)19-13-25-28-11-3-10-24-20(19)28;/h3-4,9-13,15-16,23H,5-8H2,1-2H3,(H,26,30);1H. The molecule has 2 N–H and O–H groups in total. The van der Waals surface area contributed by atoms with Crippen LogP contribution in [0.25, 0.3) is 22.2 Å². The highest BCUT2D eigenvalue weighted by molar-refractivity contribution is 5.99. The molecule has 3 heterocycles. The zero-order valence-electron chi connectivity index (χ0n) is 18.0. The Kier molecular flexibility index (Phi) is 6.29. The monoisotopic (exact) mass is 455 g/mol. The van der Waals surface area contributed by atoms with Gasteiger partial charge in [-0.15, -0.1) is 12.4 Å². The number of halogens is 1. The fourth-order valence-corrected chi connectivity index (χ4v) is 4.32. The van der Waals surface area contributed by atoms with E-state index < -0.39 is 0 Å². The lowest BCUT2D eigenvalue weighted by atomic mass is 9.91. The van der Waals surface area contributed by atoms with E-state index in [0.29, 0.717) is 28.8 Å². The lowest BCUT2D eigenvalue weighted by Gasteiger charge is -2.28. The predicted molar refractivity (Wildman–Crippen MR) is 124 cm³/mol. The Morgan fingerprint density at radius 3 is 2.72 bits per heavy atom. The van der Waals surface area contributed by atoms with Gasteiger partial charge in [0.25, 0.3) is 5.91 Å². The number of amides is 1. The first-order valence-corrected chi connectivity index (χ1v) is 10.5. The normalized spacial score (nSPS) is 18.4. The number of carbonyl (C=O) groups excluding carboxylic acids is 1. The van der Waals surface area contributed by atoms with Crippen LogP contribution in [0.15, 0.2) is 42.9 Å². The zero-order chi connectivity index (χ0) is 21.4. The first kappa shape index (κ1) is 22.0. The molecular weight excluding hydrogens is 430 g/mol. The van der Waals surface area contributed by atoms with Crippen LogP contribution in [0.5, 0.6) is 5.88 Å². The molecule has 1 saturated carbocycles. The van der Waals surface area contributed by atoms with Gasteiger partial charge < -0.3 is 15.4 Å². The molecule has 32 heavy (non-hydrogen) atoms. The van der Waals surface area contributed by atoms with Crippen molar-refractivity contribution in [3.05, 3.63) is 48.4 Å². The van der Waals surface area contributed by atoms with Gasteiger partial charge in [0.15, 0.2) is 5.65 Å². The largest absolute Gasteiger partial charge is 0.480 e. The smallest absolute Gasteiger partial charge is 0.251 e. The van der Waals surface area contributed by atoms with Gasteiger partial charge in [-0.2, -0.15) is 14.9 Å². The number of hydrogen-bond acceptors (Lipinski definition) is 6. The summed E-state index contributed by atoms with van der Waals surface area (Å²) in [5.74, 6) is 0.474. The average molecular weight is 456 g/mol. The van der Waals surface area contributed by atoms with Gasteiger partial charge in [0, 0.05) is 30.0 Å². The number of nitrogens with zero attached hydrogens (tertiary/aromatic N) is 5. The molecule has 168 valence electrons. The minimum Gasteiger partial charge on any atom is -0.480 e. The summed E-state index contributed by atoms with van der Waals surface area (Å²) in [5.41, 5.74) is 2.71. The summed E-state index contributed by atoms with van der Waals surface area (Å²) in [6.45, 7) is 0. The van der Waals surface area contributed by atoms with Gasteiger partial charge in [-0.1, -0.05) is 0 Å². The summed E-state index contributed by atoms with van der Waals surface area (Å²) in [4.78, 5) is 17.3. The number of benzene rings is 1. The summed E-state index contributed by atoms with van der Waals surface area (Å²) in [7, 11) is 3.59. The molecule has 1 aliphatic rings. The second-order valence-electron chi connectivity index (χ2n) is 7.88. The molecule has 0 unspecified atom stereocenters. The maximum Gasteiger partial charge on any atom is 0.251 e. The molecule has 0 bridgehead atoms. The van der Waals surface area contributed by atoms with E-state index in [9.17, 15) is 4.79 Å². The van der Waals surface area contributed by atoms with E-state index in [1.54, 1.807) is 28.7 Å². The second-order valence-corrected chi connectivity index (χ2v) is 7.88. The van der Waals surface area contributed by atoms with Crippen LogP contribution in [-0.4, -0.2) is 56.5 Å². The van der Waals surface area contributed by atoms with Crippen molar-refractivity contribution in [2.24, 2.45) is 0 Å². The number of fused-ring (bicyclic) bond motifs is 2. The topological polar surface area (TPSA) is 98.4 Å². The minimum atomic E-state index is -0.0674. The Labute approximate surface area is 191 Å². The van der Waals surface area contributed by atoms with E-state index in [1.807, 2.05) is 37.5 Å². The van der Waals surface area contributed by atoms with Crippen LogP contribution in [-0.2, 0) is 0 Å². The molecule has 0 atom stereocenters. The average Bonchev–Trinajstić information content (AvgIpc) is 3.39. The van der Waals surface area contributed by atoms with Crippen LogP contribution in [0.3, 0.4) is 0 Å². The molecule has 1 aliphatic carbocycles. The van der Waals surface area contributed by atoms with Crippen molar-refractivity contribution in [2.75, 3.05) is 14.2 Å². The quantitative estimate of drug-likeness (QED) is 0.480. The summed E-state index contributed by atoms with van der Waals surface area (Å²) < 4.78 is 9.04. The third-order valence-corrected chi connectivity index (χ3v) is 6.04. The van der Waals surface area contributed by atoms with Crippen molar-refractivity contribution in [3.8, 4) is 11.6 Å². The van der Waals surface area contributed by atoms with Crippen molar-refractivity contribution in [1.82, 2.24) is 35.0 Å². The third kappa shape index (κ3) is 3.89. The first-order chi connectivity index (χ1) is 15.2. The van der Waals surface area contributed by atoms with Crippen molar-refractivity contribution in [3.63, 3.8) is 0 Å². The number of hydrogen-bond donors (Lipinski definition) is 2. The predicted octanol–water partition coefficient (Wildman–Crippen LogP) is 2.76. The Hall–Kier alpha value is -3.17. The molecule has 3 aromatic heterocycles. The Morgan fingerprint density at radius 1 is 1.19 bits per heavy atom. The number of aromatic nitrogens is 5. The molecule has 10 heteroatoms. The molecule has 1 amide bonds. The fraction of sp³-hybridized carbons (Fsp3) is 0.364. The van der Waals surface area contributed by atoms with E-state index in [0.717, 1.165) is 36.6 Å². The molecule has 0 aliphatic heterocycles. The summed E-state index contributed by atoms with van der Waals surface area (Å²) in [5, 5.41) is 16.3. The third-order valence-electron chi connectivity index (χ3n) is 6.04. The number of ether oxygens (including phenoxy) is 1. The summed E-state index contributed by atoms with van der Waals surface area (Å²) in [6, 6.07) is 8.07. The molecule has 5 rings (SSSR count). The number of methoxy groups -OCH3 is 1. The minimum absolute atomic E-state index is 0. The molecule has 0 radical (unpaired) electrons. The van der Waals surface area contributed by atoms with Gasteiger partial charge in [0.05, 0.1) is 24.2 Å². The van der Waals surface area contributed by atoms with Gasteiger partial charge >= 0.3 is 0 Å². The molecule has 4 aromatic rings. The van der Waals surface area contributed by atoms with Gasteiger partial charge in [0.2, 0.25) is 5.88 Å². The zero-order valence-corrected chi connectivity index (χ0v) is 18.8. The second kappa shape index (κ2) is 9.13. The van der Waals surface area contributed by atoms with Crippen LogP contribution in [0, 0.1) is 0 Å².